The maximum atomic E-state index is 10.9. The van der Waals surface area contributed by atoms with Crippen molar-refractivity contribution in [3.8, 4) is 0 Å². The topological polar surface area (TPSA) is 55.2 Å². The van der Waals surface area contributed by atoms with Crippen LogP contribution < -0.4 is 5.32 Å². The number of para-hydroxylation sites is 1. The van der Waals surface area contributed by atoms with Crippen molar-refractivity contribution in [3.05, 3.63) is 39.9 Å². The molecule has 106 valence electrons. The van der Waals surface area contributed by atoms with Crippen LogP contribution in [-0.4, -0.2) is 18.0 Å². The van der Waals surface area contributed by atoms with Crippen molar-refractivity contribution in [2.75, 3.05) is 13.1 Å². The average Bonchev–Trinajstić information content (AvgIpc) is 2.33. The largest absolute Gasteiger partial charge is 0.316 e. The third-order valence-corrected chi connectivity index (χ3v) is 3.69. The molecule has 0 radical (unpaired) electrons. The van der Waals surface area contributed by atoms with Gasteiger partial charge in [0.05, 0.1) is 4.92 Å². The molecule has 1 atom stereocenters. The zero-order valence-corrected chi connectivity index (χ0v) is 12.3. The van der Waals surface area contributed by atoms with Crippen molar-refractivity contribution in [1.29, 1.82) is 0 Å². The van der Waals surface area contributed by atoms with Crippen molar-refractivity contribution >= 4 is 5.69 Å². The molecule has 0 aliphatic heterocycles. The van der Waals surface area contributed by atoms with Gasteiger partial charge in [-0.3, -0.25) is 10.1 Å². The Labute approximate surface area is 115 Å². The number of hydrogen-bond acceptors (Lipinski definition) is 3. The van der Waals surface area contributed by atoms with E-state index < -0.39 is 0 Å². The average molecular weight is 264 g/mol. The van der Waals surface area contributed by atoms with E-state index >= 15 is 0 Å². The van der Waals surface area contributed by atoms with Gasteiger partial charge in [-0.1, -0.05) is 45.9 Å². The second kappa shape index (κ2) is 6.66. The van der Waals surface area contributed by atoms with Crippen molar-refractivity contribution in [2.24, 2.45) is 11.3 Å². The fraction of sp³-hybridized carbons (Fsp3) is 0.600. The molecule has 1 aromatic rings. The third-order valence-electron chi connectivity index (χ3n) is 3.69. The van der Waals surface area contributed by atoms with Gasteiger partial charge in [0.25, 0.3) is 5.69 Å². The van der Waals surface area contributed by atoms with Crippen LogP contribution in [0.5, 0.6) is 0 Å². The van der Waals surface area contributed by atoms with Crippen molar-refractivity contribution < 1.29 is 4.92 Å². The summed E-state index contributed by atoms with van der Waals surface area (Å²) in [5.74, 6) is 0.568. The van der Waals surface area contributed by atoms with E-state index in [0.717, 1.165) is 18.7 Å². The highest BCUT2D eigenvalue weighted by Gasteiger charge is 2.19. The Morgan fingerprint density at radius 1 is 1.32 bits per heavy atom. The molecule has 0 aliphatic rings. The Bertz CT molecular complexity index is 424. The minimum Gasteiger partial charge on any atom is -0.316 e. The van der Waals surface area contributed by atoms with Crippen molar-refractivity contribution in [2.45, 2.75) is 34.1 Å². The van der Waals surface area contributed by atoms with Crippen molar-refractivity contribution in [3.63, 3.8) is 0 Å². The second-order valence-electron chi connectivity index (χ2n) is 6.11. The predicted molar refractivity (Wildman–Crippen MR) is 78.3 cm³/mol. The number of nitrogens with zero attached hydrogens (tertiary/aromatic N) is 1. The maximum absolute atomic E-state index is 10.9. The molecule has 0 spiro atoms. The summed E-state index contributed by atoms with van der Waals surface area (Å²) >= 11 is 0. The van der Waals surface area contributed by atoms with E-state index in [1.54, 1.807) is 12.1 Å². The molecule has 1 unspecified atom stereocenters. The Kier molecular flexibility index (Phi) is 5.48. The van der Waals surface area contributed by atoms with Crippen LogP contribution in [-0.2, 0) is 6.42 Å². The minimum absolute atomic E-state index is 0.216. The zero-order chi connectivity index (χ0) is 14.5. The Hall–Kier alpha value is -1.42. The molecule has 0 saturated heterocycles. The van der Waals surface area contributed by atoms with Gasteiger partial charge in [0.15, 0.2) is 0 Å². The van der Waals surface area contributed by atoms with Crippen LogP contribution in [0, 0.1) is 21.4 Å². The molecule has 0 aromatic heterocycles. The molecule has 0 fully saturated rings. The SMILES string of the molecule is CC(CNCCc1ccccc1[N+](=O)[O-])C(C)(C)C. The quantitative estimate of drug-likeness (QED) is 0.486. The van der Waals surface area contributed by atoms with Gasteiger partial charge < -0.3 is 5.32 Å². The summed E-state index contributed by atoms with van der Waals surface area (Å²) in [5.41, 5.74) is 1.29. The molecule has 4 nitrogen and oxygen atoms in total. The van der Waals surface area contributed by atoms with Crippen LogP contribution in [0.1, 0.15) is 33.3 Å². The van der Waals surface area contributed by atoms with Crippen LogP contribution in [0.3, 0.4) is 0 Å². The number of nitro benzene ring substituents is 1. The summed E-state index contributed by atoms with van der Waals surface area (Å²) in [4.78, 5) is 10.6. The van der Waals surface area contributed by atoms with Crippen LogP contribution >= 0.6 is 0 Å². The fourth-order valence-electron chi connectivity index (χ4n) is 1.75. The first-order valence-electron chi connectivity index (χ1n) is 6.75. The van der Waals surface area contributed by atoms with Gasteiger partial charge in [-0.15, -0.1) is 0 Å². The third kappa shape index (κ3) is 4.99. The second-order valence-corrected chi connectivity index (χ2v) is 6.11. The molecule has 19 heavy (non-hydrogen) atoms. The predicted octanol–water partition coefficient (Wildman–Crippen LogP) is 3.41. The van der Waals surface area contributed by atoms with Gasteiger partial charge in [-0.25, -0.2) is 0 Å². The highest BCUT2D eigenvalue weighted by molar-refractivity contribution is 5.39. The van der Waals surface area contributed by atoms with Crippen LogP contribution in [0.15, 0.2) is 24.3 Å². The summed E-state index contributed by atoms with van der Waals surface area (Å²) in [7, 11) is 0. The molecule has 0 bridgehead atoms. The van der Waals surface area contributed by atoms with E-state index in [1.165, 1.54) is 0 Å². The number of hydrogen-bond donors (Lipinski definition) is 1. The lowest BCUT2D eigenvalue weighted by atomic mass is 9.82. The highest BCUT2D eigenvalue weighted by atomic mass is 16.6. The first-order valence-corrected chi connectivity index (χ1v) is 6.75. The zero-order valence-electron chi connectivity index (χ0n) is 12.3. The molecule has 1 N–H and O–H groups in total. The molecule has 0 amide bonds. The summed E-state index contributed by atoms with van der Waals surface area (Å²) < 4.78 is 0. The number of benzene rings is 1. The molecule has 0 aliphatic carbocycles. The van der Waals surface area contributed by atoms with E-state index in [-0.39, 0.29) is 16.0 Å². The Morgan fingerprint density at radius 3 is 2.53 bits per heavy atom. The van der Waals surface area contributed by atoms with Gasteiger partial charge >= 0.3 is 0 Å². The fourth-order valence-corrected chi connectivity index (χ4v) is 1.75. The lowest BCUT2D eigenvalue weighted by Gasteiger charge is -2.27. The van der Waals surface area contributed by atoms with E-state index in [2.05, 4.69) is 33.0 Å². The summed E-state index contributed by atoms with van der Waals surface area (Å²) in [6.07, 6.45) is 0.689. The Morgan fingerprint density at radius 2 is 1.95 bits per heavy atom. The molecular formula is C15H24N2O2. The summed E-state index contributed by atoms with van der Waals surface area (Å²) in [6.45, 7) is 10.6. The van der Waals surface area contributed by atoms with Crippen LogP contribution in [0.25, 0.3) is 0 Å². The lowest BCUT2D eigenvalue weighted by molar-refractivity contribution is -0.385. The van der Waals surface area contributed by atoms with Gasteiger partial charge in [-0.2, -0.15) is 0 Å². The smallest absolute Gasteiger partial charge is 0.272 e. The molecule has 1 aromatic carbocycles. The lowest BCUT2D eigenvalue weighted by Crippen LogP contribution is -2.30. The first-order chi connectivity index (χ1) is 8.82. The summed E-state index contributed by atoms with van der Waals surface area (Å²) in [5, 5.41) is 14.3. The van der Waals surface area contributed by atoms with Gasteiger partial charge in [-0.05, 0) is 30.8 Å². The number of nitro groups is 1. The molecule has 1 rings (SSSR count). The van der Waals surface area contributed by atoms with E-state index in [1.807, 2.05) is 12.1 Å². The van der Waals surface area contributed by atoms with Gasteiger partial charge in [0, 0.05) is 11.6 Å². The number of nitrogens with one attached hydrogen (secondary N) is 1. The monoisotopic (exact) mass is 264 g/mol. The van der Waals surface area contributed by atoms with E-state index in [9.17, 15) is 10.1 Å². The van der Waals surface area contributed by atoms with Gasteiger partial charge in [0.2, 0.25) is 0 Å². The maximum Gasteiger partial charge on any atom is 0.272 e. The standard InChI is InChI=1S/C15H24N2O2/c1-12(15(2,3)4)11-16-10-9-13-7-5-6-8-14(13)17(18)19/h5-8,12,16H,9-11H2,1-4H3. The van der Waals surface area contributed by atoms with Gasteiger partial charge in [0.1, 0.15) is 0 Å². The van der Waals surface area contributed by atoms with Crippen LogP contribution in [0.4, 0.5) is 5.69 Å². The van der Waals surface area contributed by atoms with Crippen molar-refractivity contribution in [1.82, 2.24) is 5.32 Å². The highest BCUT2D eigenvalue weighted by Crippen LogP contribution is 2.24. The minimum atomic E-state index is -0.312. The molecule has 4 heteroatoms. The normalized spacial score (nSPS) is 13.3. The summed E-state index contributed by atoms with van der Waals surface area (Å²) in [6, 6.07) is 6.94. The molecular weight excluding hydrogens is 240 g/mol. The first kappa shape index (κ1) is 15.6. The van der Waals surface area contributed by atoms with Crippen LogP contribution in [0.2, 0.25) is 0 Å². The number of rotatable bonds is 6. The molecule has 0 heterocycles. The Balaban J connectivity index is 2.44. The molecule has 0 saturated carbocycles. The van der Waals surface area contributed by atoms with E-state index in [0.29, 0.717) is 12.3 Å². The van der Waals surface area contributed by atoms with E-state index in [4.69, 9.17) is 0 Å².